The molecule has 1 fully saturated rings. The molecule has 104 valence electrons. The predicted molar refractivity (Wildman–Crippen MR) is 73.0 cm³/mol. The normalized spacial score (nSPS) is 22.5. The van der Waals surface area contributed by atoms with Crippen molar-refractivity contribution in [3.05, 3.63) is 27.4 Å². The summed E-state index contributed by atoms with van der Waals surface area (Å²) in [6.07, 6.45) is 3.60. The minimum Gasteiger partial charge on any atom is -0.353 e. The maximum Gasteiger partial charge on any atom is 0.345 e. The molecule has 1 heterocycles. The van der Waals surface area contributed by atoms with E-state index in [1.54, 1.807) is 13.8 Å². The van der Waals surface area contributed by atoms with Crippen LogP contribution in [0.4, 0.5) is 0 Å². The van der Waals surface area contributed by atoms with Crippen LogP contribution >= 0.6 is 0 Å². The highest BCUT2D eigenvalue weighted by Gasteiger charge is 2.23. The van der Waals surface area contributed by atoms with Gasteiger partial charge >= 0.3 is 5.69 Å². The highest BCUT2D eigenvalue weighted by Crippen LogP contribution is 2.24. The zero-order valence-electron chi connectivity index (χ0n) is 11.7. The number of nitrogens with one attached hydrogen (secondary N) is 2. The van der Waals surface area contributed by atoms with E-state index in [2.05, 4.69) is 22.2 Å². The summed E-state index contributed by atoms with van der Waals surface area (Å²) in [5.41, 5.74) is 1.83. The van der Waals surface area contributed by atoms with E-state index < -0.39 is 0 Å². The van der Waals surface area contributed by atoms with Gasteiger partial charge in [0.25, 0.3) is 0 Å². The van der Waals surface area contributed by atoms with Gasteiger partial charge in [-0.3, -0.25) is 4.79 Å². The van der Waals surface area contributed by atoms with Gasteiger partial charge in [-0.15, -0.1) is 0 Å². The molecule has 2 rings (SSSR count). The number of hydrogen-bond donors (Lipinski definition) is 2. The Morgan fingerprint density at radius 1 is 1.42 bits per heavy atom. The van der Waals surface area contributed by atoms with Crippen molar-refractivity contribution in [3.63, 3.8) is 0 Å². The molecule has 0 aliphatic heterocycles. The van der Waals surface area contributed by atoms with Gasteiger partial charge in [-0.25, -0.2) is 4.79 Å². The van der Waals surface area contributed by atoms with Crippen molar-refractivity contribution in [1.29, 1.82) is 0 Å². The summed E-state index contributed by atoms with van der Waals surface area (Å²) in [7, 11) is 0. The Kier molecular flexibility index (Phi) is 4.02. The number of carbonyl (C=O) groups excluding carboxylic acids is 1. The maximum absolute atomic E-state index is 12.0. The van der Waals surface area contributed by atoms with E-state index in [-0.39, 0.29) is 18.0 Å². The summed E-state index contributed by atoms with van der Waals surface area (Å²) in [5.74, 6) is 0.711. The van der Waals surface area contributed by atoms with Gasteiger partial charge in [0.1, 0.15) is 0 Å². The Morgan fingerprint density at radius 2 is 2.16 bits per heavy atom. The van der Waals surface area contributed by atoms with Gasteiger partial charge < -0.3 is 10.3 Å². The number of rotatable bonds is 3. The molecule has 0 radical (unpaired) electrons. The minimum atomic E-state index is -0.358. The molecule has 0 saturated heterocycles. The van der Waals surface area contributed by atoms with E-state index in [1.807, 2.05) is 0 Å². The fourth-order valence-corrected chi connectivity index (χ4v) is 2.79. The lowest BCUT2D eigenvalue weighted by molar-refractivity contribution is -0.121. The van der Waals surface area contributed by atoms with E-state index in [4.69, 9.17) is 0 Å². The largest absolute Gasteiger partial charge is 0.353 e. The van der Waals surface area contributed by atoms with Crippen molar-refractivity contribution in [3.8, 4) is 0 Å². The number of carbonyl (C=O) groups is 1. The van der Waals surface area contributed by atoms with Crippen LogP contribution in [0.25, 0.3) is 0 Å². The predicted octanol–water partition coefficient (Wildman–Crippen LogP) is 1.23. The van der Waals surface area contributed by atoms with Gasteiger partial charge in [-0.05, 0) is 39.0 Å². The van der Waals surface area contributed by atoms with Crippen LogP contribution in [0, 0.1) is 19.8 Å². The first-order chi connectivity index (χ1) is 8.95. The molecule has 2 unspecified atom stereocenters. The monoisotopic (exact) mass is 263 g/mol. The summed E-state index contributed by atoms with van der Waals surface area (Å²) < 4.78 is 0. The summed E-state index contributed by atoms with van der Waals surface area (Å²) >= 11 is 0. The van der Waals surface area contributed by atoms with Gasteiger partial charge in [0.15, 0.2) is 0 Å². The lowest BCUT2D eigenvalue weighted by Crippen LogP contribution is -2.34. The molecule has 0 spiro atoms. The number of aryl methyl sites for hydroxylation is 2. The molecule has 0 aromatic carbocycles. The fourth-order valence-electron chi connectivity index (χ4n) is 2.79. The second kappa shape index (κ2) is 5.55. The molecule has 2 atom stereocenters. The lowest BCUT2D eigenvalue weighted by atomic mass is 10.1. The molecule has 2 N–H and O–H groups in total. The number of H-pyrrole nitrogens is 1. The molecule has 1 amide bonds. The minimum absolute atomic E-state index is 0.0131. The first-order valence-electron chi connectivity index (χ1n) is 6.81. The highest BCUT2D eigenvalue weighted by molar-refractivity contribution is 5.79. The van der Waals surface area contributed by atoms with Crippen LogP contribution in [0.2, 0.25) is 0 Å². The molecule has 5 nitrogen and oxygen atoms in total. The van der Waals surface area contributed by atoms with Crippen LogP contribution in [0.5, 0.6) is 0 Å². The summed E-state index contributed by atoms with van der Waals surface area (Å²) in [6.45, 7) is 5.78. The molecule has 1 aromatic rings. The average Bonchev–Trinajstić information content (AvgIpc) is 2.69. The van der Waals surface area contributed by atoms with Gasteiger partial charge in [0.2, 0.25) is 5.91 Å². The van der Waals surface area contributed by atoms with Crippen molar-refractivity contribution in [2.75, 3.05) is 0 Å². The summed E-state index contributed by atoms with van der Waals surface area (Å²) in [4.78, 5) is 29.7. The second-order valence-corrected chi connectivity index (χ2v) is 5.59. The average molecular weight is 263 g/mol. The van der Waals surface area contributed by atoms with E-state index in [1.165, 1.54) is 6.42 Å². The number of nitrogens with zero attached hydrogens (tertiary/aromatic N) is 1. The van der Waals surface area contributed by atoms with E-state index in [9.17, 15) is 9.59 Å². The Hall–Kier alpha value is -1.65. The molecular weight excluding hydrogens is 242 g/mol. The molecule has 19 heavy (non-hydrogen) atoms. The maximum atomic E-state index is 12.0. The van der Waals surface area contributed by atoms with E-state index in [0.29, 0.717) is 17.7 Å². The Balaban J connectivity index is 2.01. The molecular formula is C14H21N3O2. The summed E-state index contributed by atoms with van der Waals surface area (Å²) in [5, 5.41) is 3.07. The highest BCUT2D eigenvalue weighted by atomic mass is 16.2. The van der Waals surface area contributed by atoms with Crippen LogP contribution in [-0.4, -0.2) is 21.9 Å². The zero-order chi connectivity index (χ0) is 14.0. The quantitative estimate of drug-likeness (QED) is 0.861. The molecule has 1 aliphatic carbocycles. The fraction of sp³-hybridized carbons (Fsp3) is 0.643. The zero-order valence-corrected chi connectivity index (χ0v) is 11.7. The first-order valence-corrected chi connectivity index (χ1v) is 6.81. The van der Waals surface area contributed by atoms with Crippen molar-refractivity contribution in [1.82, 2.24) is 15.3 Å². The SMILES string of the molecule is Cc1nc(=O)[nH]c(C)c1CC(=O)NC1CCC(C)C1. The van der Waals surface area contributed by atoms with Gasteiger partial charge in [-0.1, -0.05) is 6.92 Å². The molecule has 1 saturated carbocycles. The van der Waals surface area contributed by atoms with Crippen LogP contribution in [0.1, 0.15) is 43.1 Å². The molecule has 5 heteroatoms. The smallest absolute Gasteiger partial charge is 0.345 e. The second-order valence-electron chi connectivity index (χ2n) is 5.59. The standard InChI is InChI=1S/C14H21N3O2/c1-8-4-5-11(6-8)17-13(18)7-12-9(2)15-14(19)16-10(12)3/h8,11H,4-7H2,1-3H3,(H,17,18)(H,15,16,19). The molecule has 0 bridgehead atoms. The van der Waals surface area contributed by atoms with E-state index in [0.717, 1.165) is 24.1 Å². The van der Waals surface area contributed by atoms with Crippen LogP contribution in [0.3, 0.4) is 0 Å². The lowest BCUT2D eigenvalue weighted by Gasteiger charge is -2.14. The van der Waals surface area contributed by atoms with Gasteiger partial charge in [0, 0.05) is 23.0 Å². The Morgan fingerprint density at radius 3 is 2.74 bits per heavy atom. The molecule has 1 aliphatic rings. The Labute approximate surface area is 112 Å². The van der Waals surface area contributed by atoms with Crippen LogP contribution in [0.15, 0.2) is 4.79 Å². The van der Waals surface area contributed by atoms with E-state index >= 15 is 0 Å². The number of aromatic nitrogens is 2. The first kappa shape index (κ1) is 13.8. The van der Waals surface area contributed by atoms with Crippen LogP contribution in [-0.2, 0) is 11.2 Å². The van der Waals surface area contributed by atoms with Crippen molar-refractivity contribution >= 4 is 5.91 Å². The van der Waals surface area contributed by atoms with Gasteiger partial charge in [0.05, 0.1) is 6.42 Å². The third kappa shape index (κ3) is 3.43. The number of aromatic amines is 1. The Bertz CT molecular complexity index is 510. The third-order valence-corrected chi connectivity index (χ3v) is 3.85. The van der Waals surface area contributed by atoms with Crippen molar-refractivity contribution in [2.24, 2.45) is 5.92 Å². The topological polar surface area (TPSA) is 74.8 Å². The number of amides is 1. The molecule has 1 aromatic heterocycles. The third-order valence-electron chi connectivity index (χ3n) is 3.85. The van der Waals surface area contributed by atoms with Crippen molar-refractivity contribution in [2.45, 2.75) is 52.5 Å². The number of hydrogen-bond acceptors (Lipinski definition) is 3. The summed E-state index contributed by atoms with van der Waals surface area (Å²) in [6, 6.07) is 0.304. The van der Waals surface area contributed by atoms with Gasteiger partial charge in [-0.2, -0.15) is 4.98 Å². The van der Waals surface area contributed by atoms with Crippen molar-refractivity contribution < 1.29 is 4.79 Å². The van der Waals surface area contributed by atoms with Crippen LogP contribution < -0.4 is 11.0 Å².